The van der Waals surface area contributed by atoms with Gasteiger partial charge in [0.25, 0.3) is 0 Å². The van der Waals surface area contributed by atoms with Gasteiger partial charge in [-0.15, -0.1) is 11.3 Å². The Kier molecular flexibility index (Phi) is 7.47. The molecule has 6 heteroatoms. The van der Waals surface area contributed by atoms with Gasteiger partial charge in [-0.1, -0.05) is 26.0 Å². The van der Waals surface area contributed by atoms with Gasteiger partial charge in [-0.05, 0) is 58.7 Å². The van der Waals surface area contributed by atoms with Crippen LogP contribution in [-0.4, -0.2) is 31.5 Å². The van der Waals surface area contributed by atoms with E-state index < -0.39 is 0 Å². The highest BCUT2D eigenvalue weighted by Gasteiger charge is 2.19. The zero-order valence-corrected chi connectivity index (χ0v) is 17.5. The summed E-state index contributed by atoms with van der Waals surface area (Å²) in [6.07, 6.45) is 0. The van der Waals surface area contributed by atoms with Crippen molar-refractivity contribution in [2.24, 2.45) is 5.92 Å². The Bertz CT molecular complexity index is 685. The van der Waals surface area contributed by atoms with Crippen LogP contribution in [0.25, 0.3) is 0 Å². The summed E-state index contributed by atoms with van der Waals surface area (Å²) in [5.41, 5.74) is 1.09. The number of methoxy groups -OCH3 is 1. The van der Waals surface area contributed by atoms with Crippen LogP contribution >= 0.6 is 27.3 Å². The Morgan fingerprint density at radius 3 is 2.44 bits per heavy atom. The molecule has 0 spiro atoms. The first kappa shape index (κ1) is 19.9. The molecule has 1 N–H and O–H groups in total. The van der Waals surface area contributed by atoms with E-state index in [0.717, 1.165) is 21.6 Å². The summed E-state index contributed by atoms with van der Waals surface area (Å²) in [6, 6.07) is 12.0. The first-order chi connectivity index (χ1) is 11.9. The summed E-state index contributed by atoms with van der Waals surface area (Å²) in [5.74, 6) is 1.16. The first-order valence-electron chi connectivity index (χ1n) is 8.25. The lowest BCUT2D eigenvalue weighted by atomic mass is 9.96. The molecule has 1 aromatic heterocycles. The van der Waals surface area contributed by atoms with E-state index in [1.165, 1.54) is 4.88 Å². The van der Waals surface area contributed by atoms with E-state index in [2.05, 4.69) is 41.2 Å². The number of rotatable bonds is 8. The van der Waals surface area contributed by atoms with Crippen molar-refractivity contribution in [1.29, 1.82) is 0 Å². The van der Waals surface area contributed by atoms with Crippen molar-refractivity contribution >= 4 is 33.2 Å². The summed E-state index contributed by atoms with van der Waals surface area (Å²) < 4.78 is 6.32. The number of nitrogens with zero attached hydrogens (tertiary/aromatic N) is 1. The van der Waals surface area contributed by atoms with Crippen LogP contribution in [0.3, 0.4) is 0 Å². The fourth-order valence-electron chi connectivity index (χ4n) is 2.67. The van der Waals surface area contributed by atoms with Gasteiger partial charge < -0.3 is 10.1 Å². The van der Waals surface area contributed by atoms with E-state index >= 15 is 0 Å². The summed E-state index contributed by atoms with van der Waals surface area (Å²) in [4.78, 5) is 15.7. The number of hydrogen-bond acceptors (Lipinski definition) is 4. The second-order valence-electron chi connectivity index (χ2n) is 6.44. The van der Waals surface area contributed by atoms with Gasteiger partial charge in [0.2, 0.25) is 5.91 Å². The van der Waals surface area contributed by atoms with Crippen LogP contribution in [0, 0.1) is 5.92 Å². The van der Waals surface area contributed by atoms with Gasteiger partial charge in [0.1, 0.15) is 5.75 Å². The number of carbonyl (C=O) groups is 1. The Hall–Kier alpha value is -1.37. The molecule has 1 atom stereocenters. The molecule has 0 fully saturated rings. The number of ether oxygens (including phenoxy) is 1. The highest BCUT2D eigenvalue weighted by atomic mass is 79.9. The highest BCUT2D eigenvalue weighted by molar-refractivity contribution is 9.11. The standard InChI is InChI=1S/C19H25BrN2O2S/c1-13(2)19(14-5-7-15(24-4)8-6-14)21-18(23)12-22(3)11-16-9-10-17(20)25-16/h5-10,13,19H,11-12H2,1-4H3,(H,21,23). The van der Waals surface area contributed by atoms with Crippen molar-refractivity contribution in [3.8, 4) is 5.75 Å². The van der Waals surface area contributed by atoms with Gasteiger partial charge in [-0.2, -0.15) is 0 Å². The molecule has 1 heterocycles. The molecule has 1 unspecified atom stereocenters. The van der Waals surface area contributed by atoms with Crippen molar-refractivity contribution in [3.05, 3.63) is 50.6 Å². The number of hydrogen-bond donors (Lipinski definition) is 1. The predicted octanol–water partition coefficient (Wildman–Crippen LogP) is 4.46. The third-order valence-electron chi connectivity index (χ3n) is 3.93. The fraction of sp³-hybridized carbons (Fsp3) is 0.421. The summed E-state index contributed by atoms with van der Waals surface area (Å²) in [5, 5.41) is 3.16. The number of amides is 1. The second-order valence-corrected chi connectivity index (χ2v) is 8.99. The SMILES string of the molecule is COc1ccc(C(NC(=O)CN(C)Cc2ccc(Br)s2)C(C)C)cc1. The van der Waals surface area contributed by atoms with Gasteiger partial charge in [0, 0.05) is 11.4 Å². The van der Waals surface area contributed by atoms with Gasteiger partial charge >= 0.3 is 0 Å². The average Bonchev–Trinajstić information content (AvgIpc) is 2.97. The molecule has 0 saturated carbocycles. The topological polar surface area (TPSA) is 41.6 Å². The molecule has 136 valence electrons. The van der Waals surface area contributed by atoms with Gasteiger partial charge in [0.05, 0.1) is 23.5 Å². The average molecular weight is 425 g/mol. The number of carbonyl (C=O) groups excluding carboxylic acids is 1. The van der Waals surface area contributed by atoms with Crippen LogP contribution in [0.1, 0.15) is 30.3 Å². The molecule has 0 aliphatic carbocycles. The van der Waals surface area contributed by atoms with Crippen molar-refractivity contribution in [2.75, 3.05) is 20.7 Å². The van der Waals surface area contributed by atoms with Crippen molar-refractivity contribution in [1.82, 2.24) is 10.2 Å². The van der Waals surface area contributed by atoms with Crippen molar-refractivity contribution < 1.29 is 9.53 Å². The van der Waals surface area contributed by atoms with Gasteiger partial charge in [0.15, 0.2) is 0 Å². The van der Waals surface area contributed by atoms with Crippen LogP contribution in [0.15, 0.2) is 40.2 Å². The zero-order valence-electron chi connectivity index (χ0n) is 15.1. The summed E-state index contributed by atoms with van der Waals surface area (Å²) >= 11 is 5.16. The number of benzene rings is 1. The van der Waals surface area contributed by atoms with E-state index in [1.54, 1.807) is 18.4 Å². The van der Waals surface area contributed by atoms with E-state index in [0.29, 0.717) is 12.5 Å². The lowest BCUT2D eigenvalue weighted by Crippen LogP contribution is -2.38. The van der Waals surface area contributed by atoms with E-state index in [4.69, 9.17) is 4.74 Å². The van der Waals surface area contributed by atoms with Gasteiger partial charge in [-0.25, -0.2) is 0 Å². The molecule has 1 amide bonds. The molecule has 0 saturated heterocycles. The van der Waals surface area contributed by atoms with Crippen LogP contribution in [0.2, 0.25) is 0 Å². The maximum Gasteiger partial charge on any atom is 0.234 e. The van der Waals surface area contributed by atoms with E-state index in [-0.39, 0.29) is 11.9 Å². The third kappa shape index (κ3) is 6.13. The minimum atomic E-state index is -0.0114. The maximum atomic E-state index is 12.5. The number of thiophene rings is 1. The lowest BCUT2D eigenvalue weighted by molar-refractivity contribution is -0.123. The quantitative estimate of drug-likeness (QED) is 0.679. The molecule has 1 aromatic carbocycles. The van der Waals surface area contributed by atoms with Crippen molar-refractivity contribution in [3.63, 3.8) is 0 Å². The van der Waals surface area contributed by atoms with Crippen LogP contribution in [0.4, 0.5) is 0 Å². The largest absolute Gasteiger partial charge is 0.497 e. The van der Waals surface area contributed by atoms with E-state index in [1.807, 2.05) is 42.3 Å². The molecular formula is C19H25BrN2O2S. The normalized spacial score (nSPS) is 12.4. The second kappa shape index (κ2) is 9.36. The predicted molar refractivity (Wildman–Crippen MR) is 107 cm³/mol. The first-order valence-corrected chi connectivity index (χ1v) is 9.86. The molecule has 0 aliphatic heterocycles. The molecule has 4 nitrogen and oxygen atoms in total. The van der Waals surface area contributed by atoms with Gasteiger partial charge in [-0.3, -0.25) is 9.69 Å². The smallest absolute Gasteiger partial charge is 0.234 e. The molecule has 0 aliphatic rings. The molecule has 25 heavy (non-hydrogen) atoms. The maximum absolute atomic E-state index is 12.5. The number of halogens is 1. The number of likely N-dealkylation sites (N-methyl/N-ethyl adjacent to an activating group) is 1. The van der Waals surface area contributed by atoms with E-state index in [9.17, 15) is 4.79 Å². The zero-order chi connectivity index (χ0) is 18.4. The molecular weight excluding hydrogens is 400 g/mol. The van der Waals surface area contributed by atoms with Crippen molar-refractivity contribution in [2.45, 2.75) is 26.4 Å². The Balaban J connectivity index is 1.94. The fourth-order valence-corrected chi connectivity index (χ4v) is 4.23. The Labute approximate surface area is 162 Å². The third-order valence-corrected chi connectivity index (χ3v) is 5.53. The monoisotopic (exact) mass is 424 g/mol. The molecule has 0 radical (unpaired) electrons. The molecule has 0 bridgehead atoms. The minimum Gasteiger partial charge on any atom is -0.497 e. The lowest BCUT2D eigenvalue weighted by Gasteiger charge is -2.24. The van der Waals surface area contributed by atoms with Crippen LogP contribution < -0.4 is 10.1 Å². The molecule has 2 rings (SSSR count). The Morgan fingerprint density at radius 2 is 1.92 bits per heavy atom. The molecule has 2 aromatic rings. The van der Waals surface area contributed by atoms with Crippen LogP contribution in [-0.2, 0) is 11.3 Å². The Morgan fingerprint density at radius 1 is 1.24 bits per heavy atom. The highest BCUT2D eigenvalue weighted by Crippen LogP contribution is 2.24. The number of nitrogens with one attached hydrogen (secondary N) is 1. The minimum absolute atomic E-state index is 0.0114. The van der Waals surface area contributed by atoms with Crippen LogP contribution in [0.5, 0.6) is 5.75 Å². The summed E-state index contributed by atoms with van der Waals surface area (Å²) in [7, 11) is 3.61. The summed E-state index contributed by atoms with van der Waals surface area (Å²) in [6.45, 7) is 5.36.